The molecule has 0 heterocycles. The second-order valence-corrected chi connectivity index (χ2v) is 8.22. The number of benzene rings is 1. The summed E-state index contributed by atoms with van der Waals surface area (Å²) in [6.07, 6.45) is 5.51. The zero-order valence-electron chi connectivity index (χ0n) is 13.7. The van der Waals surface area contributed by atoms with E-state index in [1.54, 1.807) is 0 Å². The smallest absolute Gasteiger partial charge is 0.0130 e. The minimum atomic E-state index is 0.837. The molecule has 0 bridgehead atoms. The summed E-state index contributed by atoms with van der Waals surface area (Å²) < 4.78 is 1.34. The standard InChI is InChI=1S/C19H30IN/c1-4-21-13-17-8-7-16(14(2)3)12-18(17)11-15-5-9-19(20)10-6-15/h5-6,9-10,14,16-18,21H,4,7-8,11-13H2,1-3H3. The van der Waals surface area contributed by atoms with Gasteiger partial charge < -0.3 is 5.32 Å². The van der Waals surface area contributed by atoms with Crippen LogP contribution in [0.1, 0.15) is 45.6 Å². The first kappa shape index (κ1) is 17.3. The van der Waals surface area contributed by atoms with E-state index in [1.165, 1.54) is 41.4 Å². The summed E-state index contributed by atoms with van der Waals surface area (Å²) in [7, 11) is 0. The Balaban J connectivity index is 2.03. The van der Waals surface area contributed by atoms with E-state index in [0.717, 1.165) is 30.2 Å². The molecule has 3 unspecified atom stereocenters. The molecule has 0 aliphatic heterocycles. The third-order valence-corrected chi connectivity index (χ3v) is 5.91. The summed E-state index contributed by atoms with van der Waals surface area (Å²) >= 11 is 2.39. The molecule has 1 saturated carbocycles. The highest BCUT2D eigenvalue weighted by Crippen LogP contribution is 2.39. The van der Waals surface area contributed by atoms with Gasteiger partial charge in [-0.1, -0.05) is 32.9 Å². The molecule has 0 saturated heterocycles. The van der Waals surface area contributed by atoms with Gasteiger partial charge in [-0.3, -0.25) is 0 Å². The van der Waals surface area contributed by atoms with Crippen LogP contribution in [0, 0.1) is 27.2 Å². The Kier molecular flexibility index (Phi) is 7.00. The third-order valence-electron chi connectivity index (χ3n) is 5.19. The van der Waals surface area contributed by atoms with Crippen LogP contribution in [0.15, 0.2) is 24.3 Å². The van der Waals surface area contributed by atoms with E-state index >= 15 is 0 Å². The Labute approximate surface area is 144 Å². The van der Waals surface area contributed by atoms with Crippen LogP contribution in [0.3, 0.4) is 0 Å². The summed E-state index contributed by atoms with van der Waals surface area (Å²) in [5.74, 6) is 3.48. The first-order chi connectivity index (χ1) is 10.1. The van der Waals surface area contributed by atoms with Crippen LogP contribution in [-0.4, -0.2) is 13.1 Å². The van der Waals surface area contributed by atoms with Gasteiger partial charge in [0.15, 0.2) is 0 Å². The zero-order valence-corrected chi connectivity index (χ0v) is 15.9. The number of nitrogens with one attached hydrogen (secondary N) is 1. The average Bonchev–Trinajstić information content (AvgIpc) is 2.48. The number of hydrogen-bond acceptors (Lipinski definition) is 1. The van der Waals surface area contributed by atoms with Crippen LogP contribution >= 0.6 is 22.6 Å². The summed E-state index contributed by atoms with van der Waals surface area (Å²) in [5.41, 5.74) is 1.52. The predicted molar refractivity (Wildman–Crippen MR) is 101 cm³/mol. The highest BCUT2D eigenvalue weighted by molar-refractivity contribution is 14.1. The molecule has 0 amide bonds. The van der Waals surface area contributed by atoms with Gasteiger partial charge in [0.25, 0.3) is 0 Å². The Morgan fingerprint density at radius 1 is 1.14 bits per heavy atom. The van der Waals surface area contributed by atoms with E-state index in [9.17, 15) is 0 Å². The molecule has 118 valence electrons. The maximum Gasteiger partial charge on any atom is 0.0130 e. The summed E-state index contributed by atoms with van der Waals surface area (Å²) in [6, 6.07) is 9.14. The lowest BCUT2D eigenvalue weighted by Crippen LogP contribution is -2.35. The van der Waals surface area contributed by atoms with E-state index in [-0.39, 0.29) is 0 Å². The molecule has 1 aromatic carbocycles. The molecule has 1 nitrogen and oxygen atoms in total. The van der Waals surface area contributed by atoms with Gasteiger partial charge in [-0.2, -0.15) is 0 Å². The highest BCUT2D eigenvalue weighted by atomic mass is 127. The summed E-state index contributed by atoms with van der Waals surface area (Å²) in [4.78, 5) is 0. The van der Waals surface area contributed by atoms with Crippen molar-refractivity contribution in [3.8, 4) is 0 Å². The van der Waals surface area contributed by atoms with Crippen molar-refractivity contribution < 1.29 is 0 Å². The lowest BCUT2D eigenvalue weighted by Gasteiger charge is -2.38. The van der Waals surface area contributed by atoms with E-state index in [0.29, 0.717) is 0 Å². The second-order valence-electron chi connectivity index (χ2n) is 6.98. The second kappa shape index (κ2) is 8.52. The highest BCUT2D eigenvalue weighted by Gasteiger charge is 2.31. The van der Waals surface area contributed by atoms with Crippen molar-refractivity contribution in [1.29, 1.82) is 0 Å². The molecule has 21 heavy (non-hydrogen) atoms. The minimum absolute atomic E-state index is 0.837. The molecule has 1 N–H and O–H groups in total. The molecular weight excluding hydrogens is 369 g/mol. The molecule has 1 fully saturated rings. The topological polar surface area (TPSA) is 12.0 Å². The van der Waals surface area contributed by atoms with Gasteiger partial charge in [0.05, 0.1) is 0 Å². The molecule has 0 spiro atoms. The van der Waals surface area contributed by atoms with Crippen molar-refractivity contribution in [2.75, 3.05) is 13.1 Å². The molecule has 1 aliphatic rings. The first-order valence-corrected chi connectivity index (χ1v) is 9.63. The third kappa shape index (κ3) is 5.24. The predicted octanol–water partition coefficient (Wildman–Crippen LogP) is 5.13. The normalized spacial score (nSPS) is 26.2. The van der Waals surface area contributed by atoms with Crippen molar-refractivity contribution in [2.45, 2.75) is 46.5 Å². The van der Waals surface area contributed by atoms with Crippen LogP contribution in [-0.2, 0) is 6.42 Å². The van der Waals surface area contributed by atoms with Gasteiger partial charge in [-0.25, -0.2) is 0 Å². The maximum atomic E-state index is 3.59. The van der Waals surface area contributed by atoms with Gasteiger partial charge >= 0.3 is 0 Å². The number of halogens is 1. The lowest BCUT2D eigenvalue weighted by molar-refractivity contribution is 0.145. The van der Waals surface area contributed by atoms with E-state index in [4.69, 9.17) is 0 Å². The van der Waals surface area contributed by atoms with E-state index < -0.39 is 0 Å². The molecule has 0 radical (unpaired) electrons. The Morgan fingerprint density at radius 2 is 1.86 bits per heavy atom. The monoisotopic (exact) mass is 399 g/mol. The molecule has 1 aromatic rings. The Hall–Kier alpha value is -0.0900. The largest absolute Gasteiger partial charge is 0.317 e. The summed E-state index contributed by atoms with van der Waals surface area (Å²) in [6.45, 7) is 9.32. The van der Waals surface area contributed by atoms with E-state index in [2.05, 4.69) is 72.9 Å². The van der Waals surface area contributed by atoms with Crippen LogP contribution in [0.4, 0.5) is 0 Å². The van der Waals surface area contributed by atoms with Crippen LogP contribution in [0.2, 0.25) is 0 Å². The Bertz CT molecular complexity index is 412. The van der Waals surface area contributed by atoms with Crippen molar-refractivity contribution in [3.05, 3.63) is 33.4 Å². The minimum Gasteiger partial charge on any atom is -0.317 e. The van der Waals surface area contributed by atoms with Gasteiger partial charge in [0.1, 0.15) is 0 Å². The van der Waals surface area contributed by atoms with E-state index in [1.807, 2.05) is 0 Å². The van der Waals surface area contributed by atoms with Gasteiger partial charge in [-0.05, 0) is 103 Å². The van der Waals surface area contributed by atoms with Crippen molar-refractivity contribution in [2.24, 2.45) is 23.7 Å². The van der Waals surface area contributed by atoms with Crippen molar-refractivity contribution in [1.82, 2.24) is 5.32 Å². The van der Waals surface area contributed by atoms with Crippen LogP contribution in [0.25, 0.3) is 0 Å². The van der Waals surface area contributed by atoms with Crippen LogP contribution < -0.4 is 5.32 Å². The number of hydrogen-bond donors (Lipinski definition) is 1. The lowest BCUT2D eigenvalue weighted by atomic mass is 9.68. The molecule has 1 aliphatic carbocycles. The molecule has 2 rings (SSSR count). The number of rotatable bonds is 6. The van der Waals surface area contributed by atoms with Crippen molar-refractivity contribution in [3.63, 3.8) is 0 Å². The molecule has 3 atom stereocenters. The molecular formula is C19H30IN. The fraction of sp³-hybridized carbons (Fsp3) is 0.684. The summed E-state index contributed by atoms with van der Waals surface area (Å²) in [5, 5.41) is 3.59. The average molecular weight is 399 g/mol. The fourth-order valence-corrected chi connectivity index (χ4v) is 4.10. The Morgan fingerprint density at radius 3 is 2.48 bits per heavy atom. The molecule has 2 heteroatoms. The van der Waals surface area contributed by atoms with Crippen LogP contribution in [0.5, 0.6) is 0 Å². The molecule has 0 aromatic heterocycles. The zero-order chi connectivity index (χ0) is 15.2. The maximum absolute atomic E-state index is 3.59. The van der Waals surface area contributed by atoms with Gasteiger partial charge in [-0.15, -0.1) is 0 Å². The van der Waals surface area contributed by atoms with Gasteiger partial charge in [0, 0.05) is 3.57 Å². The first-order valence-electron chi connectivity index (χ1n) is 8.55. The SMILES string of the molecule is CCNCC1CCC(C(C)C)CC1Cc1ccc(I)cc1. The van der Waals surface area contributed by atoms with Gasteiger partial charge in [0.2, 0.25) is 0 Å². The fourth-order valence-electron chi connectivity index (χ4n) is 3.74. The van der Waals surface area contributed by atoms with Crippen molar-refractivity contribution >= 4 is 22.6 Å². The quantitative estimate of drug-likeness (QED) is 0.654.